The second-order valence-electron chi connectivity index (χ2n) is 16.1. The number of ether oxygens (including phenoxy) is 2. The summed E-state index contributed by atoms with van der Waals surface area (Å²) in [5, 5.41) is 11.2. The summed E-state index contributed by atoms with van der Waals surface area (Å²) in [6.45, 7) is 17.2. The Balaban J connectivity index is 1.27. The molecule has 6 nitrogen and oxygen atoms in total. The molecule has 242 valence electrons. The summed E-state index contributed by atoms with van der Waals surface area (Å²) >= 11 is 0. The summed E-state index contributed by atoms with van der Waals surface area (Å²) < 4.78 is 12.2. The van der Waals surface area contributed by atoms with Crippen molar-refractivity contribution in [1.29, 1.82) is 0 Å². The van der Waals surface area contributed by atoms with E-state index >= 15 is 0 Å². The fourth-order valence-electron chi connectivity index (χ4n) is 8.34. The summed E-state index contributed by atoms with van der Waals surface area (Å²) in [5.41, 5.74) is 2.69. The number of piperidine rings is 2. The van der Waals surface area contributed by atoms with Crippen molar-refractivity contribution in [3.63, 3.8) is 0 Å². The lowest BCUT2D eigenvalue weighted by atomic mass is 9.81. The van der Waals surface area contributed by atoms with Gasteiger partial charge in [0.2, 0.25) is 0 Å². The minimum atomic E-state index is -0.292. The van der Waals surface area contributed by atoms with Gasteiger partial charge in [0.05, 0.1) is 11.1 Å². The highest BCUT2D eigenvalue weighted by Crippen LogP contribution is 2.35. The predicted molar refractivity (Wildman–Crippen MR) is 186 cm³/mol. The Labute approximate surface area is 273 Å². The highest BCUT2D eigenvalue weighted by molar-refractivity contribution is 6.09. The van der Waals surface area contributed by atoms with Crippen molar-refractivity contribution in [1.82, 2.24) is 10.6 Å². The molecule has 0 aliphatic carbocycles. The smallest absolute Gasteiger partial charge is 0.339 e. The molecule has 2 aliphatic heterocycles. The topological polar surface area (TPSA) is 76.7 Å². The predicted octanol–water partition coefficient (Wildman–Crippen LogP) is 8.59. The van der Waals surface area contributed by atoms with Gasteiger partial charge in [0.25, 0.3) is 0 Å². The lowest BCUT2D eigenvalue weighted by Crippen LogP contribution is -2.59. The Morgan fingerprint density at radius 2 is 1.11 bits per heavy atom. The van der Waals surface area contributed by atoms with Crippen molar-refractivity contribution in [3.8, 4) is 11.1 Å². The normalized spacial score (nSPS) is 20.8. The fourth-order valence-corrected chi connectivity index (χ4v) is 8.34. The monoisotopic (exact) mass is 620 g/mol. The van der Waals surface area contributed by atoms with Gasteiger partial charge in [-0.2, -0.15) is 0 Å². The van der Waals surface area contributed by atoms with Crippen LogP contribution in [0.5, 0.6) is 0 Å². The zero-order chi connectivity index (χ0) is 33.1. The zero-order valence-electron chi connectivity index (χ0n) is 28.5. The molecule has 2 N–H and O–H groups in total. The largest absolute Gasteiger partial charge is 0.459 e. The molecule has 0 saturated carbocycles. The number of carbonyl (C=O) groups is 2. The molecule has 0 atom stereocenters. The number of nitrogens with one attached hydrogen (secondary N) is 2. The van der Waals surface area contributed by atoms with Crippen molar-refractivity contribution in [2.24, 2.45) is 0 Å². The van der Waals surface area contributed by atoms with Crippen molar-refractivity contribution in [2.45, 2.75) is 115 Å². The summed E-state index contributed by atoms with van der Waals surface area (Å²) in [6.07, 6.45) is 2.75. The highest BCUT2D eigenvalue weighted by Gasteiger charge is 2.40. The van der Waals surface area contributed by atoms with Gasteiger partial charge < -0.3 is 20.1 Å². The van der Waals surface area contributed by atoms with Crippen LogP contribution in [0.1, 0.15) is 102 Å². The molecule has 0 unspecified atom stereocenters. The van der Waals surface area contributed by atoms with Crippen LogP contribution < -0.4 is 10.6 Å². The van der Waals surface area contributed by atoms with E-state index in [0.717, 1.165) is 58.4 Å². The van der Waals surface area contributed by atoms with Crippen LogP contribution in [0.2, 0.25) is 0 Å². The molecular weight excluding hydrogens is 572 g/mol. The van der Waals surface area contributed by atoms with E-state index in [4.69, 9.17) is 9.47 Å². The molecule has 0 radical (unpaired) electrons. The molecule has 2 saturated heterocycles. The molecule has 2 aliphatic rings. The zero-order valence-corrected chi connectivity index (χ0v) is 28.5. The first-order chi connectivity index (χ1) is 21.5. The van der Waals surface area contributed by atoms with Crippen LogP contribution in [0.3, 0.4) is 0 Å². The van der Waals surface area contributed by atoms with E-state index in [-0.39, 0.29) is 46.3 Å². The van der Waals surface area contributed by atoms with Crippen LogP contribution >= 0.6 is 0 Å². The van der Waals surface area contributed by atoms with Gasteiger partial charge in [-0.25, -0.2) is 9.59 Å². The maximum absolute atomic E-state index is 13.6. The number of esters is 2. The lowest BCUT2D eigenvalue weighted by molar-refractivity contribution is -0.00756. The highest BCUT2D eigenvalue weighted by atomic mass is 16.5. The van der Waals surface area contributed by atoms with E-state index in [1.807, 2.05) is 42.5 Å². The van der Waals surface area contributed by atoms with Gasteiger partial charge in [-0.05, 0) is 112 Å². The van der Waals surface area contributed by atoms with E-state index in [0.29, 0.717) is 11.1 Å². The number of rotatable bonds is 5. The molecule has 2 fully saturated rings. The van der Waals surface area contributed by atoms with Gasteiger partial charge in [-0.1, -0.05) is 48.5 Å². The third kappa shape index (κ3) is 6.98. The van der Waals surface area contributed by atoms with Crippen molar-refractivity contribution in [3.05, 3.63) is 83.9 Å². The first-order valence-electron chi connectivity index (χ1n) is 16.5. The molecule has 0 aromatic heterocycles. The quantitative estimate of drug-likeness (QED) is 0.218. The van der Waals surface area contributed by atoms with E-state index in [2.05, 4.69) is 96.4 Å². The van der Waals surface area contributed by atoms with E-state index < -0.39 is 0 Å². The van der Waals surface area contributed by atoms with Crippen LogP contribution in [-0.4, -0.2) is 46.3 Å². The van der Waals surface area contributed by atoms with E-state index in [1.165, 1.54) is 0 Å². The van der Waals surface area contributed by atoms with Crippen molar-refractivity contribution >= 4 is 33.5 Å². The first kappa shape index (κ1) is 32.2. The summed E-state index contributed by atoms with van der Waals surface area (Å²) in [6, 6.07) is 23.9. The third-order valence-electron chi connectivity index (χ3n) is 9.38. The number of hydrogen-bond acceptors (Lipinski definition) is 6. The van der Waals surface area contributed by atoms with Crippen LogP contribution in [0.4, 0.5) is 0 Å². The van der Waals surface area contributed by atoms with Crippen LogP contribution in [0.25, 0.3) is 32.7 Å². The molecule has 46 heavy (non-hydrogen) atoms. The Hall–Kier alpha value is -3.74. The summed E-state index contributed by atoms with van der Waals surface area (Å²) in [7, 11) is 0. The van der Waals surface area contributed by atoms with Crippen molar-refractivity contribution in [2.75, 3.05) is 0 Å². The number of hydrogen-bond donors (Lipinski definition) is 2. The Morgan fingerprint density at radius 1 is 0.587 bits per heavy atom. The molecule has 4 aromatic rings. The van der Waals surface area contributed by atoms with E-state index in [1.54, 1.807) is 0 Å². The second kappa shape index (κ2) is 11.5. The van der Waals surface area contributed by atoms with Gasteiger partial charge in [-0.3, -0.25) is 0 Å². The van der Waals surface area contributed by atoms with Crippen LogP contribution in [0.15, 0.2) is 72.8 Å². The molecule has 0 bridgehead atoms. The second-order valence-corrected chi connectivity index (χ2v) is 16.1. The van der Waals surface area contributed by atoms with Gasteiger partial charge in [0.1, 0.15) is 12.2 Å². The standard InChI is InChI=1S/C40H48N2O4/c1-37(2)21-29(22-38(3,4)41-37)45-35(43)27-18-16-25-15-17-26(19-28(25)20-27)31-11-9-13-33-32(31)12-10-14-34(33)36(44)46-30-23-39(5,6)42-40(7,8)24-30/h9-20,29-30,41-42H,21-24H2,1-8H3. The molecule has 0 amide bonds. The lowest BCUT2D eigenvalue weighted by Gasteiger charge is -2.45. The Bertz CT molecular complexity index is 1790. The minimum absolute atomic E-state index is 0.110. The van der Waals surface area contributed by atoms with Crippen LogP contribution in [-0.2, 0) is 9.47 Å². The van der Waals surface area contributed by atoms with Gasteiger partial charge >= 0.3 is 11.9 Å². The van der Waals surface area contributed by atoms with Gasteiger partial charge in [0.15, 0.2) is 0 Å². The SMILES string of the molecule is CC1(C)CC(OC(=O)c2ccc3ccc(-c4cccc5c(C(=O)OC6CC(C)(C)NC(C)(C)C6)cccc45)cc3c2)CC(C)(C)N1. The van der Waals surface area contributed by atoms with Crippen LogP contribution in [0, 0.1) is 0 Å². The number of carbonyl (C=O) groups excluding carboxylic acids is 2. The third-order valence-corrected chi connectivity index (χ3v) is 9.38. The average molecular weight is 621 g/mol. The minimum Gasteiger partial charge on any atom is -0.459 e. The molecule has 6 heteroatoms. The number of fused-ring (bicyclic) bond motifs is 2. The molecule has 6 rings (SSSR count). The van der Waals surface area contributed by atoms with E-state index in [9.17, 15) is 9.59 Å². The first-order valence-corrected chi connectivity index (χ1v) is 16.5. The van der Waals surface area contributed by atoms with Gasteiger partial charge in [-0.15, -0.1) is 0 Å². The molecule has 4 aromatic carbocycles. The van der Waals surface area contributed by atoms with Gasteiger partial charge in [0, 0.05) is 47.8 Å². The number of benzene rings is 4. The summed E-state index contributed by atoms with van der Waals surface area (Å²) in [5.74, 6) is -0.580. The maximum Gasteiger partial charge on any atom is 0.339 e. The van der Waals surface area contributed by atoms with Crippen molar-refractivity contribution < 1.29 is 19.1 Å². The Morgan fingerprint density at radius 3 is 1.72 bits per heavy atom. The summed E-state index contributed by atoms with van der Waals surface area (Å²) in [4.78, 5) is 26.9. The molecule has 0 spiro atoms. The fraction of sp³-hybridized carbons (Fsp3) is 0.450. The molecule has 2 heterocycles. The maximum atomic E-state index is 13.6. The Kier molecular flexibility index (Phi) is 8.05. The average Bonchev–Trinajstić information content (AvgIpc) is 2.92. The molecular formula is C40H48N2O4.